The van der Waals surface area contributed by atoms with Gasteiger partial charge in [-0.2, -0.15) is 11.3 Å². The molecular formula is C23H19ClN4S. The molecule has 0 spiro atoms. The quantitative estimate of drug-likeness (QED) is 0.403. The van der Waals surface area contributed by atoms with E-state index in [2.05, 4.69) is 56.7 Å². The normalized spacial score (nSPS) is 11.6. The summed E-state index contributed by atoms with van der Waals surface area (Å²) in [5.41, 5.74) is 12.9. The third-order valence-corrected chi connectivity index (χ3v) is 6.18. The average Bonchev–Trinajstić information content (AvgIpc) is 3.36. The molecule has 0 amide bonds. The molecule has 144 valence electrons. The first kappa shape index (κ1) is 18.3. The van der Waals surface area contributed by atoms with Crippen LogP contribution >= 0.6 is 22.9 Å². The summed E-state index contributed by atoms with van der Waals surface area (Å²) < 4.78 is 2.13. The number of rotatable bonds is 4. The van der Waals surface area contributed by atoms with Crippen LogP contribution in [0.25, 0.3) is 38.8 Å². The van der Waals surface area contributed by atoms with Crippen LogP contribution < -0.4 is 5.73 Å². The number of nitrogens with two attached hydrogens (primary N) is 1. The maximum Gasteiger partial charge on any atom is 0.111 e. The second-order valence-electron chi connectivity index (χ2n) is 7.05. The molecule has 4 nitrogen and oxygen atoms in total. The van der Waals surface area contributed by atoms with Gasteiger partial charge in [0, 0.05) is 5.39 Å². The lowest BCUT2D eigenvalue weighted by Gasteiger charge is -2.12. The van der Waals surface area contributed by atoms with Crippen LogP contribution in [0.15, 0.2) is 59.4 Å². The van der Waals surface area contributed by atoms with Gasteiger partial charge in [-0.15, -0.1) is 0 Å². The first-order chi connectivity index (χ1) is 14.2. The molecule has 0 aliphatic rings. The zero-order chi connectivity index (χ0) is 20.0. The number of thiophene rings is 1. The number of hydrogen-bond donors (Lipinski definition) is 1. The predicted molar refractivity (Wildman–Crippen MR) is 122 cm³/mol. The molecule has 2 aromatic carbocycles. The van der Waals surface area contributed by atoms with Gasteiger partial charge in [0.05, 0.1) is 27.9 Å². The van der Waals surface area contributed by atoms with Gasteiger partial charge in [0.1, 0.15) is 11.3 Å². The van der Waals surface area contributed by atoms with E-state index < -0.39 is 0 Å². The van der Waals surface area contributed by atoms with E-state index in [1.807, 2.05) is 19.2 Å². The first-order valence-corrected chi connectivity index (χ1v) is 10.8. The lowest BCUT2D eigenvalue weighted by atomic mass is 10.1. The van der Waals surface area contributed by atoms with Gasteiger partial charge in [0.2, 0.25) is 0 Å². The number of halogens is 1. The molecule has 0 saturated heterocycles. The Kier molecular flexibility index (Phi) is 4.59. The summed E-state index contributed by atoms with van der Waals surface area (Å²) in [5, 5.41) is 6.01. The number of pyridine rings is 1. The summed E-state index contributed by atoms with van der Waals surface area (Å²) in [6.07, 6.45) is 2.64. The Morgan fingerprint density at radius 3 is 2.72 bits per heavy atom. The van der Waals surface area contributed by atoms with Crippen LogP contribution in [0.5, 0.6) is 0 Å². The molecule has 2 N–H and O–H groups in total. The fourth-order valence-corrected chi connectivity index (χ4v) is 4.78. The van der Waals surface area contributed by atoms with Crippen molar-refractivity contribution in [3.8, 4) is 16.8 Å². The highest BCUT2D eigenvalue weighted by atomic mass is 35.5. The topological polar surface area (TPSA) is 56.7 Å². The summed E-state index contributed by atoms with van der Waals surface area (Å²) in [5.74, 6) is 0.878. The number of imidazole rings is 1. The second kappa shape index (κ2) is 7.26. The van der Waals surface area contributed by atoms with Gasteiger partial charge in [-0.1, -0.05) is 23.7 Å². The van der Waals surface area contributed by atoms with Gasteiger partial charge in [-0.05, 0) is 77.7 Å². The van der Waals surface area contributed by atoms with Crippen LogP contribution in [-0.2, 0) is 6.42 Å². The van der Waals surface area contributed by atoms with E-state index in [1.165, 1.54) is 11.1 Å². The molecule has 0 atom stereocenters. The van der Waals surface area contributed by atoms with Gasteiger partial charge in [-0.25, -0.2) is 4.98 Å². The Bertz CT molecular complexity index is 1340. The van der Waals surface area contributed by atoms with Gasteiger partial charge in [0.15, 0.2) is 0 Å². The molecule has 0 bridgehead atoms. The molecule has 0 saturated carbocycles. The van der Waals surface area contributed by atoms with Crippen molar-refractivity contribution in [1.29, 1.82) is 0 Å². The molecule has 5 aromatic rings. The van der Waals surface area contributed by atoms with Crippen molar-refractivity contribution in [2.24, 2.45) is 5.73 Å². The summed E-state index contributed by atoms with van der Waals surface area (Å²) in [7, 11) is 0. The van der Waals surface area contributed by atoms with E-state index in [1.54, 1.807) is 11.3 Å². The van der Waals surface area contributed by atoms with E-state index in [4.69, 9.17) is 22.3 Å². The molecule has 0 aliphatic heterocycles. The second-order valence-corrected chi connectivity index (χ2v) is 8.24. The first-order valence-electron chi connectivity index (χ1n) is 9.45. The standard InChI is InChI=1S/C23H19ClN4S/c1-14-27-21-12-26-20-4-3-16(17-7-9-29-13-17)11-18(20)23(21)28(14)22-5-2-15(6-8-25)10-19(22)24/h2-5,7,9-13H,6,8,25H2,1H3. The molecule has 6 heteroatoms. The summed E-state index contributed by atoms with van der Waals surface area (Å²) >= 11 is 8.38. The highest BCUT2D eigenvalue weighted by Gasteiger charge is 2.16. The molecule has 0 radical (unpaired) electrons. The lowest BCUT2D eigenvalue weighted by molar-refractivity contribution is 0.961. The fraction of sp³-hybridized carbons (Fsp3) is 0.130. The van der Waals surface area contributed by atoms with E-state index in [0.717, 1.165) is 45.4 Å². The Morgan fingerprint density at radius 1 is 1.07 bits per heavy atom. The zero-order valence-electron chi connectivity index (χ0n) is 15.9. The largest absolute Gasteiger partial charge is 0.330 e. The van der Waals surface area contributed by atoms with Gasteiger partial charge < -0.3 is 5.73 Å². The minimum Gasteiger partial charge on any atom is -0.330 e. The molecule has 3 aromatic heterocycles. The highest BCUT2D eigenvalue weighted by molar-refractivity contribution is 7.08. The minimum atomic E-state index is 0.602. The Labute approximate surface area is 177 Å². The van der Waals surface area contributed by atoms with Crippen LogP contribution in [0.4, 0.5) is 0 Å². The number of aryl methyl sites for hydroxylation is 1. The molecule has 3 heterocycles. The average molecular weight is 419 g/mol. The summed E-state index contributed by atoms with van der Waals surface area (Å²) in [4.78, 5) is 9.38. The van der Waals surface area contributed by atoms with Gasteiger partial charge in [0.25, 0.3) is 0 Å². The molecular weight excluding hydrogens is 400 g/mol. The van der Waals surface area contributed by atoms with Crippen molar-refractivity contribution in [2.45, 2.75) is 13.3 Å². The SMILES string of the molecule is Cc1nc2cnc3ccc(-c4ccsc4)cc3c2n1-c1ccc(CCN)cc1Cl. The minimum absolute atomic E-state index is 0.602. The van der Waals surface area contributed by atoms with Crippen LogP contribution in [-0.4, -0.2) is 21.1 Å². The summed E-state index contributed by atoms with van der Waals surface area (Å²) in [6.45, 7) is 2.60. The van der Waals surface area contributed by atoms with Crippen LogP contribution in [0.1, 0.15) is 11.4 Å². The number of aromatic nitrogens is 3. The third kappa shape index (κ3) is 3.12. The maximum atomic E-state index is 6.69. The van der Waals surface area contributed by atoms with Crippen LogP contribution in [0.3, 0.4) is 0 Å². The Morgan fingerprint density at radius 2 is 1.97 bits per heavy atom. The lowest BCUT2D eigenvalue weighted by Crippen LogP contribution is -2.04. The van der Waals surface area contributed by atoms with Crippen molar-refractivity contribution in [3.05, 3.63) is 75.8 Å². The Balaban J connectivity index is 1.79. The molecule has 0 unspecified atom stereocenters. The summed E-state index contributed by atoms with van der Waals surface area (Å²) in [6, 6.07) is 14.6. The molecule has 5 rings (SSSR count). The van der Waals surface area contributed by atoms with Crippen LogP contribution in [0.2, 0.25) is 5.02 Å². The van der Waals surface area contributed by atoms with Crippen molar-refractivity contribution < 1.29 is 0 Å². The maximum absolute atomic E-state index is 6.69. The molecule has 0 aliphatic carbocycles. The van der Waals surface area contributed by atoms with Gasteiger partial charge in [-0.3, -0.25) is 9.55 Å². The predicted octanol–water partition coefficient (Wildman–Crippen LogP) is 5.77. The van der Waals surface area contributed by atoms with Crippen LogP contribution in [0, 0.1) is 6.92 Å². The highest BCUT2D eigenvalue weighted by Crippen LogP contribution is 2.33. The fourth-order valence-electron chi connectivity index (χ4n) is 3.83. The van der Waals surface area contributed by atoms with Crippen molar-refractivity contribution in [1.82, 2.24) is 14.5 Å². The zero-order valence-corrected chi connectivity index (χ0v) is 17.5. The third-order valence-electron chi connectivity index (χ3n) is 5.19. The smallest absolute Gasteiger partial charge is 0.111 e. The van der Waals surface area contributed by atoms with E-state index >= 15 is 0 Å². The van der Waals surface area contributed by atoms with E-state index in [9.17, 15) is 0 Å². The number of fused-ring (bicyclic) bond motifs is 3. The number of nitrogens with zero attached hydrogens (tertiary/aromatic N) is 3. The molecule has 29 heavy (non-hydrogen) atoms. The molecule has 0 fully saturated rings. The Hall–Kier alpha value is -2.73. The van der Waals surface area contributed by atoms with Crippen molar-refractivity contribution in [2.75, 3.05) is 6.54 Å². The number of hydrogen-bond acceptors (Lipinski definition) is 4. The monoisotopic (exact) mass is 418 g/mol. The van der Waals surface area contributed by atoms with Gasteiger partial charge >= 0.3 is 0 Å². The van der Waals surface area contributed by atoms with E-state index in [0.29, 0.717) is 11.6 Å². The van der Waals surface area contributed by atoms with Crippen molar-refractivity contribution in [3.63, 3.8) is 0 Å². The number of benzene rings is 2. The van der Waals surface area contributed by atoms with Crippen molar-refractivity contribution >= 4 is 44.9 Å². The van der Waals surface area contributed by atoms with E-state index in [-0.39, 0.29) is 0 Å².